The predicted molar refractivity (Wildman–Crippen MR) is 88.0 cm³/mol. The van der Waals surface area contributed by atoms with Gasteiger partial charge < -0.3 is 9.84 Å². The Balaban J connectivity index is 2.61. The van der Waals surface area contributed by atoms with E-state index in [2.05, 4.69) is 5.10 Å². The number of carbonyl (C=O) groups excluding carboxylic acids is 1. The van der Waals surface area contributed by atoms with Gasteiger partial charge in [0.1, 0.15) is 5.56 Å². The molecule has 2 aromatic rings. The minimum Gasteiger partial charge on any atom is -0.493 e. The zero-order valence-electron chi connectivity index (χ0n) is 14.0. The molecule has 0 aliphatic heterocycles. The molecule has 0 saturated heterocycles. The molecule has 0 fully saturated rings. The summed E-state index contributed by atoms with van der Waals surface area (Å²) in [5.74, 6) is -0.621. The number of ketones is 1. The normalized spacial score (nSPS) is 11.7. The van der Waals surface area contributed by atoms with E-state index in [4.69, 9.17) is 4.74 Å². The topological polar surface area (TPSA) is 98.5 Å². The summed E-state index contributed by atoms with van der Waals surface area (Å²) in [6.07, 6.45) is 2.42. The lowest BCUT2D eigenvalue weighted by molar-refractivity contribution is 0.103. The van der Waals surface area contributed by atoms with Gasteiger partial charge in [0, 0.05) is 25.5 Å². The fraction of sp³-hybridized carbons (Fsp3) is 0.375. The fourth-order valence-corrected chi connectivity index (χ4v) is 3.54. The van der Waals surface area contributed by atoms with E-state index in [0.29, 0.717) is 23.2 Å². The molecule has 0 atom stereocenters. The van der Waals surface area contributed by atoms with E-state index in [1.807, 2.05) is 0 Å². The second-order valence-electron chi connectivity index (χ2n) is 5.45. The average molecular weight is 352 g/mol. The molecule has 1 heterocycles. The van der Waals surface area contributed by atoms with Crippen LogP contribution >= 0.6 is 0 Å². The number of nitrogens with zero attached hydrogens (tertiary/aromatic N) is 2. The third-order valence-corrected chi connectivity index (χ3v) is 5.03. The molecule has 1 aromatic heterocycles. The van der Waals surface area contributed by atoms with Crippen molar-refractivity contribution in [3.05, 3.63) is 40.6 Å². The molecule has 0 aliphatic rings. The van der Waals surface area contributed by atoms with Gasteiger partial charge in [0.15, 0.2) is 15.6 Å². The van der Waals surface area contributed by atoms with E-state index in [1.54, 1.807) is 13.8 Å². The number of sulfone groups is 1. The second-order valence-corrected chi connectivity index (χ2v) is 7.43. The van der Waals surface area contributed by atoms with Crippen molar-refractivity contribution in [1.29, 1.82) is 0 Å². The van der Waals surface area contributed by atoms with E-state index < -0.39 is 15.6 Å². The highest BCUT2D eigenvalue weighted by molar-refractivity contribution is 7.90. The fourth-order valence-electron chi connectivity index (χ4n) is 2.56. The third-order valence-electron chi connectivity index (χ3n) is 3.84. The van der Waals surface area contributed by atoms with Crippen molar-refractivity contribution < 1.29 is 23.1 Å². The summed E-state index contributed by atoms with van der Waals surface area (Å²) in [5, 5.41) is 14.0. The van der Waals surface area contributed by atoms with Crippen LogP contribution in [0.15, 0.2) is 23.2 Å². The van der Waals surface area contributed by atoms with Gasteiger partial charge >= 0.3 is 0 Å². The van der Waals surface area contributed by atoms with Gasteiger partial charge in [-0.15, -0.1) is 0 Å². The van der Waals surface area contributed by atoms with Crippen LogP contribution in [-0.4, -0.2) is 42.5 Å². The zero-order valence-corrected chi connectivity index (χ0v) is 14.8. The average Bonchev–Trinajstić information content (AvgIpc) is 2.88. The number of hydrogen-bond donors (Lipinski definition) is 1. The van der Waals surface area contributed by atoms with Crippen molar-refractivity contribution in [2.75, 3.05) is 13.4 Å². The Bertz CT molecular complexity index is 884. The highest BCUT2D eigenvalue weighted by atomic mass is 32.2. The SMILES string of the molecule is CCn1ncc(C(=O)c2ccc(S(C)(=O)=O)c(COC)c2C)c1O. The van der Waals surface area contributed by atoms with Crippen LogP contribution in [0.25, 0.3) is 0 Å². The molecule has 130 valence electrons. The summed E-state index contributed by atoms with van der Waals surface area (Å²) < 4.78 is 30.3. The van der Waals surface area contributed by atoms with Crippen LogP contribution in [0.2, 0.25) is 0 Å². The maximum atomic E-state index is 12.7. The molecule has 0 bridgehead atoms. The maximum absolute atomic E-state index is 12.7. The number of rotatable bonds is 6. The number of hydrogen-bond acceptors (Lipinski definition) is 6. The van der Waals surface area contributed by atoms with Gasteiger partial charge in [-0.3, -0.25) is 4.79 Å². The summed E-state index contributed by atoms with van der Waals surface area (Å²) >= 11 is 0. The van der Waals surface area contributed by atoms with Crippen molar-refractivity contribution in [1.82, 2.24) is 9.78 Å². The molecule has 0 spiro atoms. The number of aryl methyl sites for hydroxylation is 1. The Labute approximate surface area is 140 Å². The van der Waals surface area contributed by atoms with Crippen LogP contribution in [0.5, 0.6) is 5.88 Å². The molecule has 1 N–H and O–H groups in total. The first-order chi connectivity index (χ1) is 11.2. The van der Waals surface area contributed by atoms with Gasteiger partial charge in [-0.25, -0.2) is 13.1 Å². The molecular formula is C16H20N2O5S. The van der Waals surface area contributed by atoms with Crippen LogP contribution in [0.4, 0.5) is 0 Å². The van der Waals surface area contributed by atoms with E-state index in [1.165, 1.54) is 30.1 Å². The predicted octanol–water partition coefficient (Wildman–Crippen LogP) is 1.70. The van der Waals surface area contributed by atoms with Gasteiger partial charge in [-0.2, -0.15) is 5.10 Å². The molecule has 0 radical (unpaired) electrons. The quantitative estimate of drug-likeness (QED) is 0.795. The highest BCUT2D eigenvalue weighted by Gasteiger charge is 2.24. The van der Waals surface area contributed by atoms with Crippen LogP contribution in [0.1, 0.15) is 34.0 Å². The molecule has 0 aliphatic carbocycles. The van der Waals surface area contributed by atoms with Crippen molar-refractivity contribution in [2.24, 2.45) is 0 Å². The highest BCUT2D eigenvalue weighted by Crippen LogP contribution is 2.27. The molecule has 0 amide bonds. The lowest BCUT2D eigenvalue weighted by atomic mass is 9.97. The summed E-state index contributed by atoms with van der Waals surface area (Å²) in [6.45, 7) is 3.96. The summed E-state index contributed by atoms with van der Waals surface area (Å²) in [6, 6.07) is 2.85. The number of benzene rings is 1. The van der Waals surface area contributed by atoms with Gasteiger partial charge in [0.05, 0.1) is 17.7 Å². The number of ether oxygens (including phenoxy) is 1. The third kappa shape index (κ3) is 3.20. The molecule has 24 heavy (non-hydrogen) atoms. The monoisotopic (exact) mass is 352 g/mol. The van der Waals surface area contributed by atoms with Crippen LogP contribution < -0.4 is 0 Å². The lowest BCUT2D eigenvalue weighted by Crippen LogP contribution is -2.11. The first-order valence-electron chi connectivity index (χ1n) is 7.33. The molecular weight excluding hydrogens is 332 g/mol. The minimum absolute atomic E-state index is 0.0650. The number of aromatic nitrogens is 2. The van der Waals surface area contributed by atoms with Crippen LogP contribution in [0.3, 0.4) is 0 Å². The summed E-state index contributed by atoms with van der Waals surface area (Å²) in [4.78, 5) is 12.9. The standard InChI is InChI=1S/C16H20N2O5S/c1-5-18-16(20)12(8-17-18)15(19)11-6-7-14(24(4,21)22)13(9-23-3)10(11)2/h6-8,20H,5,9H2,1-4H3. The van der Waals surface area contributed by atoms with E-state index in [9.17, 15) is 18.3 Å². The smallest absolute Gasteiger partial charge is 0.220 e. The molecule has 7 nitrogen and oxygen atoms in total. The number of methoxy groups -OCH3 is 1. The Hall–Kier alpha value is -2.19. The molecule has 2 rings (SSSR count). The van der Waals surface area contributed by atoms with Gasteiger partial charge in [0.25, 0.3) is 0 Å². The van der Waals surface area contributed by atoms with Crippen LogP contribution in [0, 0.1) is 6.92 Å². The first-order valence-corrected chi connectivity index (χ1v) is 9.22. The Morgan fingerprint density at radius 3 is 2.50 bits per heavy atom. The first kappa shape index (κ1) is 18.2. The van der Waals surface area contributed by atoms with Gasteiger partial charge in [-0.1, -0.05) is 0 Å². The Morgan fingerprint density at radius 2 is 2.00 bits per heavy atom. The number of carbonyl (C=O) groups is 1. The Morgan fingerprint density at radius 1 is 1.33 bits per heavy atom. The molecule has 8 heteroatoms. The summed E-state index contributed by atoms with van der Waals surface area (Å²) in [7, 11) is -1.99. The van der Waals surface area contributed by atoms with E-state index in [-0.39, 0.29) is 22.9 Å². The second kappa shape index (κ2) is 6.74. The van der Waals surface area contributed by atoms with Crippen molar-refractivity contribution in [2.45, 2.75) is 31.9 Å². The zero-order chi connectivity index (χ0) is 18.1. The maximum Gasteiger partial charge on any atom is 0.220 e. The minimum atomic E-state index is -3.45. The van der Waals surface area contributed by atoms with Gasteiger partial charge in [0.2, 0.25) is 5.88 Å². The Kier molecular flexibility index (Phi) is 5.10. The molecule has 0 saturated carbocycles. The summed E-state index contributed by atoms with van der Waals surface area (Å²) in [5.41, 5.74) is 1.33. The molecule has 0 unspecified atom stereocenters. The molecule has 1 aromatic carbocycles. The van der Waals surface area contributed by atoms with Crippen molar-refractivity contribution in [3.8, 4) is 5.88 Å². The number of aromatic hydroxyl groups is 1. The van der Waals surface area contributed by atoms with Crippen molar-refractivity contribution in [3.63, 3.8) is 0 Å². The van der Waals surface area contributed by atoms with Crippen molar-refractivity contribution >= 4 is 15.6 Å². The largest absolute Gasteiger partial charge is 0.493 e. The lowest BCUT2D eigenvalue weighted by Gasteiger charge is -2.14. The van der Waals surface area contributed by atoms with Crippen LogP contribution in [-0.2, 0) is 27.7 Å². The van der Waals surface area contributed by atoms with E-state index >= 15 is 0 Å². The van der Waals surface area contributed by atoms with E-state index in [0.717, 1.165) is 6.26 Å². The van der Waals surface area contributed by atoms with Gasteiger partial charge in [-0.05, 0) is 37.1 Å².